The number of nitrogens with one attached hydrogen (secondary N) is 2. The second-order valence-electron chi connectivity index (χ2n) is 4.00. The molecule has 0 fully saturated rings. The summed E-state index contributed by atoms with van der Waals surface area (Å²) in [4.78, 5) is 26.9. The van der Waals surface area contributed by atoms with E-state index in [0.29, 0.717) is 16.9 Å². The fourth-order valence-electron chi connectivity index (χ4n) is 1.56. The molecule has 1 heterocycles. The normalized spacial score (nSPS) is 9.81. The predicted octanol–water partition coefficient (Wildman–Crippen LogP) is 3.17. The molecule has 0 aliphatic heterocycles. The van der Waals surface area contributed by atoms with Crippen molar-refractivity contribution in [2.24, 2.45) is 0 Å². The molecule has 0 spiro atoms. The summed E-state index contributed by atoms with van der Waals surface area (Å²) in [5.74, 6) is -0.337. The van der Waals surface area contributed by atoms with Crippen LogP contribution in [0.2, 0.25) is 5.02 Å². The zero-order chi connectivity index (χ0) is 15.2. The van der Waals surface area contributed by atoms with Crippen LogP contribution >= 0.6 is 11.6 Å². The van der Waals surface area contributed by atoms with Gasteiger partial charge in [0.25, 0.3) is 5.91 Å². The minimum Gasteiger partial charge on any atom is -0.453 e. The molecule has 0 saturated carbocycles. The van der Waals surface area contributed by atoms with Crippen LogP contribution in [0.5, 0.6) is 0 Å². The zero-order valence-corrected chi connectivity index (χ0v) is 11.8. The van der Waals surface area contributed by atoms with Gasteiger partial charge < -0.3 is 10.1 Å². The van der Waals surface area contributed by atoms with Crippen LogP contribution in [0.15, 0.2) is 42.7 Å². The number of nitrogens with zero attached hydrogens (tertiary/aromatic N) is 1. The van der Waals surface area contributed by atoms with E-state index in [9.17, 15) is 9.59 Å². The molecule has 0 bridgehead atoms. The quantitative estimate of drug-likeness (QED) is 0.912. The molecule has 0 atom stereocenters. The summed E-state index contributed by atoms with van der Waals surface area (Å²) >= 11 is 5.90. The molecule has 21 heavy (non-hydrogen) atoms. The maximum atomic E-state index is 12.0. The van der Waals surface area contributed by atoms with Crippen LogP contribution in [-0.4, -0.2) is 24.1 Å². The Bertz CT molecular complexity index is 659. The highest BCUT2D eigenvalue weighted by molar-refractivity contribution is 6.34. The number of aromatic nitrogens is 1. The van der Waals surface area contributed by atoms with Crippen LogP contribution in [0.3, 0.4) is 0 Å². The zero-order valence-electron chi connectivity index (χ0n) is 11.1. The molecule has 0 aliphatic carbocycles. The number of carbonyl (C=O) groups excluding carboxylic acids is 2. The molecule has 2 N–H and O–H groups in total. The Labute approximate surface area is 126 Å². The molecule has 2 rings (SSSR count). The third-order valence-corrected chi connectivity index (χ3v) is 2.89. The van der Waals surface area contributed by atoms with Crippen LogP contribution in [0.1, 0.15) is 10.4 Å². The largest absolute Gasteiger partial charge is 0.453 e. The molecule has 0 unspecified atom stereocenters. The van der Waals surface area contributed by atoms with Crippen molar-refractivity contribution in [3.05, 3.63) is 53.3 Å². The Balaban J connectivity index is 2.05. The molecule has 108 valence electrons. The van der Waals surface area contributed by atoms with Gasteiger partial charge in [0, 0.05) is 23.8 Å². The fourth-order valence-corrected chi connectivity index (χ4v) is 1.77. The van der Waals surface area contributed by atoms with E-state index in [4.69, 9.17) is 11.6 Å². The van der Waals surface area contributed by atoms with Gasteiger partial charge in [-0.3, -0.25) is 15.1 Å². The Morgan fingerprint density at radius 2 is 1.71 bits per heavy atom. The number of methoxy groups -OCH3 is 1. The topological polar surface area (TPSA) is 80.3 Å². The molecule has 0 saturated heterocycles. The maximum absolute atomic E-state index is 12.0. The lowest BCUT2D eigenvalue weighted by Gasteiger charge is -2.08. The first-order valence-corrected chi connectivity index (χ1v) is 6.34. The van der Waals surface area contributed by atoms with E-state index in [1.165, 1.54) is 25.6 Å². The molecule has 0 radical (unpaired) electrons. The number of benzene rings is 1. The molecular formula is C14H12ClN3O3. The Morgan fingerprint density at radius 3 is 2.29 bits per heavy atom. The molecule has 6 nitrogen and oxygen atoms in total. The third-order valence-electron chi connectivity index (χ3n) is 2.59. The molecular weight excluding hydrogens is 294 g/mol. The first-order chi connectivity index (χ1) is 10.1. The van der Waals surface area contributed by atoms with Crippen molar-refractivity contribution in [3.8, 4) is 0 Å². The Hall–Kier alpha value is -2.60. The summed E-state index contributed by atoms with van der Waals surface area (Å²) in [6, 6.07) is 8.11. The molecule has 1 aromatic carbocycles. The highest BCUT2D eigenvalue weighted by atomic mass is 35.5. The van der Waals surface area contributed by atoms with Crippen LogP contribution in [0.25, 0.3) is 0 Å². The average Bonchev–Trinajstić information content (AvgIpc) is 2.49. The number of pyridine rings is 1. The summed E-state index contributed by atoms with van der Waals surface area (Å²) in [6.07, 6.45) is 2.33. The summed E-state index contributed by atoms with van der Waals surface area (Å²) in [7, 11) is 1.28. The fraction of sp³-hybridized carbons (Fsp3) is 0.0714. The average molecular weight is 306 g/mol. The number of carbonyl (C=O) groups is 2. The van der Waals surface area contributed by atoms with E-state index in [0.717, 1.165) is 0 Å². The highest BCUT2D eigenvalue weighted by Gasteiger charge is 2.10. The molecule has 0 aliphatic rings. The number of amides is 2. The molecule has 1 aromatic heterocycles. The van der Waals surface area contributed by atoms with Crippen molar-refractivity contribution in [1.29, 1.82) is 0 Å². The van der Waals surface area contributed by atoms with Gasteiger partial charge in [-0.2, -0.15) is 0 Å². The second-order valence-corrected chi connectivity index (χ2v) is 4.41. The minimum atomic E-state index is -0.560. The lowest BCUT2D eigenvalue weighted by molar-refractivity contribution is 0.102. The van der Waals surface area contributed by atoms with Crippen LogP contribution in [0.4, 0.5) is 16.2 Å². The Morgan fingerprint density at radius 1 is 1.10 bits per heavy atom. The molecule has 2 amide bonds. The standard InChI is InChI=1S/C14H12ClN3O3/c1-21-14(20)18-10-4-2-9(3-5-10)17-13(19)11-6-7-16-8-12(11)15/h2-8H,1H3,(H,17,19)(H,18,20). The smallest absolute Gasteiger partial charge is 0.411 e. The van der Waals surface area contributed by atoms with E-state index in [2.05, 4.69) is 20.4 Å². The second kappa shape index (κ2) is 6.71. The number of hydrogen-bond acceptors (Lipinski definition) is 4. The van der Waals surface area contributed by atoms with E-state index >= 15 is 0 Å². The lowest BCUT2D eigenvalue weighted by Crippen LogP contribution is -2.13. The number of rotatable bonds is 3. The summed E-state index contributed by atoms with van der Waals surface area (Å²) in [6.45, 7) is 0. The third kappa shape index (κ3) is 3.93. The molecule has 7 heteroatoms. The SMILES string of the molecule is COC(=O)Nc1ccc(NC(=O)c2ccncc2Cl)cc1. The van der Waals surface area contributed by atoms with Gasteiger partial charge in [0.1, 0.15) is 0 Å². The van der Waals surface area contributed by atoms with Crippen molar-refractivity contribution in [3.63, 3.8) is 0 Å². The Kier molecular flexibility index (Phi) is 4.73. The van der Waals surface area contributed by atoms with Crippen molar-refractivity contribution in [1.82, 2.24) is 4.98 Å². The van der Waals surface area contributed by atoms with Crippen molar-refractivity contribution >= 4 is 35.0 Å². The lowest BCUT2D eigenvalue weighted by atomic mass is 10.2. The minimum absolute atomic E-state index is 0.277. The van der Waals surface area contributed by atoms with E-state index in [-0.39, 0.29) is 10.9 Å². The summed E-state index contributed by atoms with van der Waals surface area (Å²) < 4.78 is 4.48. The van der Waals surface area contributed by atoms with Gasteiger partial charge in [-0.1, -0.05) is 11.6 Å². The van der Waals surface area contributed by atoms with Gasteiger partial charge in [0.15, 0.2) is 0 Å². The van der Waals surface area contributed by atoms with Gasteiger partial charge in [-0.05, 0) is 30.3 Å². The van der Waals surface area contributed by atoms with Gasteiger partial charge in [-0.15, -0.1) is 0 Å². The van der Waals surface area contributed by atoms with Crippen LogP contribution in [0, 0.1) is 0 Å². The monoisotopic (exact) mass is 305 g/mol. The van der Waals surface area contributed by atoms with Crippen LogP contribution in [-0.2, 0) is 4.74 Å². The number of anilines is 2. The highest BCUT2D eigenvalue weighted by Crippen LogP contribution is 2.18. The summed E-state index contributed by atoms with van der Waals surface area (Å²) in [5, 5.41) is 5.48. The van der Waals surface area contributed by atoms with Gasteiger partial charge in [0.2, 0.25) is 0 Å². The predicted molar refractivity (Wildman–Crippen MR) is 79.7 cm³/mol. The van der Waals surface area contributed by atoms with Crippen molar-refractivity contribution in [2.45, 2.75) is 0 Å². The van der Waals surface area contributed by atoms with Crippen molar-refractivity contribution < 1.29 is 14.3 Å². The van der Waals surface area contributed by atoms with Gasteiger partial charge in [-0.25, -0.2) is 4.79 Å². The number of ether oxygens (including phenoxy) is 1. The molecule has 2 aromatic rings. The maximum Gasteiger partial charge on any atom is 0.411 e. The summed E-state index contributed by atoms with van der Waals surface area (Å²) in [5.41, 5.74) is 1.47. The van der Waals surface area contributed by atoms with E-state index in [1.807, 2.05) is 0 Å². The first kappa shape index (κ1) is 14.8. The van der Waals surface area contributed by atoms with Gasteiger partial charge in [0.05, 0.1) is 17.7 Å². The van der Waals surface area contributed by atoms with Gasteiger partial charge >= 0.3 is 6.09 Å². The van der Waals surface area contributed by atoms with E-state index in [1.54, 1.807) is 24.3 Å². The van der Waals surface area contributed by atoms with Crippen LogP contribution < -0.4 is 10.6 Å². The first-order valence-electron chi connectivity index (χ1n) is 5.96. The number of hydrogen-bond donors (Lipinski definition) is 2. The number of halogens is 1. The van der Waals surface area contributed by atoms with Crippen molar-refractivity contribution in [2.75, 3.05) is 17.7 Å². The van der Waals surface area contributed by atoms with E-state index < -0.39 is 6.09 Å².